The first kappa shape index (κ1) is 11.9. The Kier molecular flexibility index (Phi) is 3.01. The maximum absolute atomic E-state index is 11.5. The summed E-state index contributed by atoms with van der Waals surface area (Å²) in [6.07, 6.45) is 2.69. The zero-order chi connectivity index (χ0) is 13.2. The van der Waals surface area contributed by atoms with E-state index in [0.717, 1.165) is 13.0 Å². The van der Waals surface area contributed by atoms with Gasteiger partial charge in [-0.05, 0) is 29.7 Å². The Morgan fingerprint density at radius 3 is 2.95 bits per heavy atom. The van der Waals surface area contributed by atoms with Crippen LogP contribution in [0.15, 0.2) is 42.6 Å². The summed E-state index contributed by atoms with van der Waals surface area (Å²) in [4.78, 5) is 15.9. The maximum Gasteiger partial charge on any atom is 0.250 e. The van der Waals surface area contributed by atoms with Crippen LogP contribution in [0.5, 0.6) is 0 Å². The van der Waals surface area contributed by atoms with E-state index >= 15 is 0 Å². The second-order valence-electron chi connectivity index (χ2n) is 4.64. The highest BCUT2D eigenvalue weighted by atomic mass is 16.1. The molecule has 96 valence electrons. The molecule has 0 bridgehead atoms. The average molecular weight is 253 g/mol. The molecule has 0 fully saturated rings. The highest BCUT2D eigenvalue weighted by Crippen LogP contribution is 2.28. The van der Waals surface area contributed by atoms with Gasteiger partial charge in [0.05, 0.1) is 17.3 Å². The molecule has 1 unspecified atom stereocenters. The Hall–Kier alpha value is -2.20. The highest BCUT2D eigenvalue weighted by Gasteiger charge is 2.25. The smallest absolute Gasteiger partial charge is 0.250 e. The van der Waals surface area contributed by atoms with Crippen molar-refractivity contribution in [2.45, 2.75) is 12.5 Å². The van der Waals surface area contributed by atoms with E-state index in [4.69, 9.17) is 5.73 Å². The van der Waals surface area contributed by atoms with Crippen LogP contribution in [0.25, 0.3) is 0 Å². The van der Waals surface area contributed by atoms with Gasteiger partial charge in [0.1, 0.15) is 0 Å². The van der Waals surface area contributed by atoms with Crippen LogP contribution >= 0.6 is 0 Å². The number of nitrogens with two attached hydrogens (primary N) is 1. The molecule has 1 amide bonds. The van der Waals surface area contributed by atoms with Crippen molar-refractivity contribution in [1.82, 2.24) is 10.3 Å². The second kappa shape index (κ2) is 4.82. The maximum atomic E-state index is 11.5. The van der Waals surface area contributed by atoms with Gasteiger partial charge in [-0.25, -0.2) is 0 Å². The molecule has 0 aliphatic carbocycles. The highest BCUT2D eigenvalue weighted by molar-refractivity contribution is 5.94. The summed E-state index contributed by atoms with van der Waals surface area (Å²) in [6.45, 7) is 0.871. The van der Waals surface area contributed by atoms with Gasteiger partial charge < -0.3 is 11.1 Å². The van der Waals surface area contributed by atoms with E-state index in [-0.39, 0.29) is 6.04 Å². The standard InChI is InChI=1S/C15H15N3O/c16-15(19)12-6-3-8-17-14(12)13-11-5-2-1-4-10(11)7-9-18-13/h1-6,8,13,18H,7,9H2,(H2,16,19). The first-order chi connectivity index (χ1) is 9.27. The van der Waals surface area contributed by atoms with Crippen molar-refractivity contribution in [1.29, 1.82) is 0 Å². The van der Waals surface area contributed by atoms with E-state index in [9.17, 15) is 4.79 Å². The molecule has 1 aromatic carbocycles. The summed E-state index contributed by atoms with van der Waals surface area (Å²) in [7, 11) is 0. The van der Waals surface area contributed by atoms with Gasteiger partial charge >= 0.3 is 0 Å². The van der Waals surface area contributed by atoms with E-state index in [1.165, 1.54) is 11.1 Å². The molecule has 2 heterocycles. The van der Waals surface area contributed by atoms with Crippen LogP contribution in [0.2, 0.25) is 0 Å². The SMILES string of the molecule is NC(=O)c1cccnc1C1NCCc2ccccc21. The third kappa shape index (κ3) is 2.11. The second-order valence-corrected chi connectivity index (χ2v) is 4.64. The normalized spacial score (nSPS) is 17.8. The molecular weight excluding hydrogens is 238 g/mol. The Morgan fingerprint density at radius 2 is 2.11 bits per heavy atom. The first-order valence-electron chi connectivity index (χ1n) is 6.33. The van der Waals surface area contributed by atoms with Gasteiger partial charge in [-0.15, -0.1) is 0 Å². The summed E-state index contributed by atoms with van der Waals surface area (Å²) in [5.74, 6) is -0.437. The van der Waals surface area contributed by atoms with Crippen molar-refractivity contribution in [2.24, 2.45) is 5.73 Å². The van der Waals surface area contributed by atoms with Crippen molar-refractivity contribution in [2.75, 3.05) is 6.54 Å². The Morgan fingerprint density at radius 1 is 1.26 bits per heavy atom. The van der Waals surface area contributed by atoms with Crippen LogP contribution in [0.1, 0.15) is 33.2 Å². The number of aromatic nitrogens is 1. The van der Waals surface area contributed by atoms with Gasteiger partial charge in [0.15, 0.2) is 0 Å². The average Bonchev–Trinajstić information content (AvgIpc) is 2.46. The number of hydrogen-bond donors (Lipinski definition) is 2. The summed E-state index contributed by atoms with van der Waals surface area (Å²) >= 11 is 0. The largest absolute Gasteiger partial charge is 0.366 e. The summed E-state index contributed by atoms with van der Waals surface area (Å²) in [5.41, 5.74) is 9.10. The first-order valence-corrected chi connectivity index (χ1v) is 6.33. The molecule has 0 spiro atoms. The zero-order valence-electron chi connectivity index (χ0n) is 10.5. The van der Waals surface area contributed by atoms with E-state index < -0.39 is 5.91 Å². The molecule has 2 aromatic rings. The molecule has 19 heavy (non-hydrogen) atoms. The number of primary amides is 1. The number of nitrogens with one attached hydrogen (secondary N) is 1. The topological polar surface area (TPSA) is 68.0 Å². The minimum atomic E-state index is -0.437. The quantitative estimate of drug-likeness (QED) is 0.850. The van der Waals surface area contributed by atoms with Crippen molar-refractivity contribution in [3.05, 3.63) is 65.0 Å². The number of hydrogen-bond acceptors (Lipinski definition) is 3. The molecule has 3 rings (SSSR count). The lowest BCUT2D eigenvalue weighted by molar-refractivity contribution is 0.0998. The molecule has 4 heteroatoms. The number of carbonyl (C=O) groups excluding carboxylic acids is 1. The van der Waals surface area contributed by atoms with Crippen LogP contribution < -0.4 is 11.1 Å². The molecule has 1 atom stereocenters. The van der Waals surface area contributed by atoms with Crippen LogP contribution in [0, 0.1) is 0 Å². The lowest BCUT2D eigenvalue weighted by atomic mass is 9.90. The Balaban J connectivity index is 2.12. The molecule has 1 aromatic heterocycles. The number of fused-ring (bicyclic) bond motifs is 1. The van der Waals surface area contributed by atoms with Crippen LogP contribution in [-0.2, 0) is 6.42 Å². The summed E-state index contributed by atoms with van der Waals surface area (Å²) in [5, 5.41) is 3.42. The number of carbonyl (C=O) groups is 1. The van der Waals surface area contributed by atoms with Crippen molar-refractivity contribution in [3.63, 3.8) is 0 Å². The van der Waals surface area contributed by atoms with Gasteiger partial charge in [0.2, 0.25) is 0 Å². The molecule has 3 N–H and O–H groups in total. The Bertz CT molecular complexity index is 624. The van der Waals surface area contributed by atoms with E-state index in [1.807, 2.05) is 12.1 Å². The van der Waals surface area contributed by atoms with Gasteiger partial charge in [-0.2, -0.15) is 0 Å². The molecular formula is C15H15N3O. The summed E-state index contributed by atoms with van der Waals surface area (Å²) < 4.78 is 0. The van der Waals surface area contributed by atoms with Gasteiger partial charge in [0, 0.05) is 12.7 Å². The minimum Gasteiger partial charge on any atom is -0.366 e. The van der Waals surface area contributed by atoms with Crippen molar-refractivity contribution in [3.8, 4) is 0 Å². The van der Waals surface area contributed by atoms with E-state index in [2.05, 4.69) is 22.4 Å². The number of rotatable bonds is 2. The molecule has 0 saturated heterocycles. The minimum absolute atomic E-state index is 0.0614. The van der Waals surface area contributed by atoms with Gasteiger partial charge in [0.25, 0.3) is 5.91 Å². The number of nitrogens with zero attached hydrogens (tertiary/aromatic N) is 1. The predicted octanol–water partition coefficient (Wildman–Crippen LogP) is 1.42. The molecule has 4 nitrogen and oxygen atoms in total. The molecule has 1 aliphatic rings. The monoisotopic (exact) mass is 253 g/mol. The number of pyridine rings is 1. The fraction of sp³-hybridized carbons (Fsp3) is 0.200. The number of benzene rings is 1. The lowest BCUT2D eigenvalue weighted by Crippen LogP contribution is -2.32. The van der Waals surface area contributed by atoms with Crippen molar-refractivity contribution >= 4 is 5.91 Å². The Labute approximate surface area is 111 Å². The van der Waals surface area contributed by atoms with E-state index in [1.54, 1.807) is 18.3 Å². The zero-order valence-corrected chi connectivity index (χ0v) is 10.5. The third-order valence-corrected chi connectivity index (χ3v) is 3.49. The van der Waals surface area contributed by atoms with Crippen LogP contribution in [0.4, 0.5) is 0 Å². The fourth-order valence-corrected chi connectivity index (χ4v) is 2.60. The van der Waals surface area contributed by atoms with Gasteiger partial charge in [-0.3, -0.25) is 9.78 Å². The molecule has 1 aliphatic heterocycles. The third-order valence-electron chi connectivity index (χ3n) is 3.49. The van der Waals surface area contributed by atoms with Crippen molar-refractivity contribution < 1.29 is 4.79 Å². The van der Waals surface area contributed by atoms with E-state index in [0.29, 0.717) is 11.3 Å². The van der Waals surface area contributed by atoms with Crippen LogP contribution in [0.3, 0.4) is 0 Å². The molecule has 0 radical (unpaired) electrons. The number of amides is 1. The lowest BCUT2D eigenvalue weighted by Gasteiger charge is -2.27. The fourth-order valence-electron chi connectivity index (χ4n) is 2.60. The molecule has 0 saturated carbocycles. The summed E-state index contributed by atoms with van der Waals surface area (Å²) in [6, 6.07) is 11.6. The van der Waals surface area contributed by atoms with Crippen LogP contribution in [-0.4, -0.2) is 17.4 Å². The predicted molar refractivity (Wildman–Crippen MR) is 72.7 cm³/mol. The van der Waals surface area contributed by atoms with Gasteiger partial charge in [-0.1, -0.05) is 24.3 Å².